The summed E-state index contributed by atoms with van der Waals surface area (Å²) in [5.41, 5.74) is 1.53. The lowest BCUT2D eigenvalue weighted by atomic mass is 10.2. The first-order valence-electron chi connectivity index (χ1n) is 6.41. The number of rotatable bonds is 2. The maximum absolute atomic E-state index is 12.0. The minimum atomic E-state index is -0.183. The van der Waals surface area contributed by atoms with Crippen LogP contribution >= 0.6 is 35.0 Å². The van der Waals surface area contributed by atoms with Crippen molar-refractivity contribution in [3.8, 4) is 0 Å². The Labute approximate surface area is 142 Å². The molecule has 1 aliphatic rings. The fourth-order valence-electron chi connectivity index (χ4n) is 1.85. The van der Waals surface area contributed by atoms with Crippen LogP contribution in [-0.4, -0.2) is 11.1 Å². The predicted octanol–water partition coefficient (Wildman–Crippen LogP) is 4.89. The lowest BCUT2D eigenvalue weighted by Crippen LogP contribution is -2.19. The van der Waals surface area contributed by atoms with Crippen LogP contribution in [0.3, 0.4) is 0 Å². The van der Waals surface area contributed by atoms with E-state index in [1.807, 2.05) is 18.2 Å². The number of benzene rings is 2. The summed E-state index contributed by atoms with van der Waals surface area (Å²) in [6.45, 7) is 0. The fourth-order valence-corrected chi connectivity index (χ4v) is 3.00. The molecule has 0 aliphatic carbocycles. The first-order chi connectivity index (χ1) is 10.6. The van der Waals surface area contributed by atoms with Crippen LogP contribution in [-0.2, 0) is 4.79 Å². The summed E-state index contributed by atoms with van der Waals surface area (Å²) in [6, 6.07) is 14.4. The number of carbonyl (C=O) groups excluding carboxylic acids is 1. The molecule has 6 heteroatoms. The lowest BCUT2D eigenvalue weighted by molar-refractivity contribution is -0.115. The first-order valence-corrected chi connectivity index (χ1v) is 7.99. The molecule has 1 heterocycles. The third-order valence-electron chi connectivity index (χ3n) is 2.90. The standard InChI is InChI=1S/C16H10Cl2N2OS/c17-11-5-7-12(8-6-11)19-16-20-15(21)14(22-16)9-10-3-1-2-4-13(10)18/h1-9H,(H,19,20,21)/b14-9+. The Hall–Kier alpha value is -1.75. The van der Waals surface area contributed by atoms with Gasteiger partial charge in [0.05, 0.1) is 10.6 Å². The second-order valence-electron chi connectivity index (χ2n) is 4.48. The van der Waals surface area contributed by atoms with E-state index >= 15 is 0 Å². The number of hydrogen-bond donors (Lipinski definition) is 1. The highest BCUT2D eigenvalue weighted by molar-refractivity contribution is 8.18. The van der Waals surface area contributed by atoms with Crippen LogP contribution in [0.4, 0.5) is 5.69 Å². The number of nitrogens with one attached hydrogen (secondary N) is 1. The molecule has 1 fully saturated rings. The number of amides is 1. The smallest absolute Gasteiger partial charge is 0.264 e. The fraction of sp³-hybridized carbons (Fsp3) is 0. The summed E-state index contributed by atoms with van der Waals surface area (Å²) >= 11 is 13.2. The average molecular weight is 349 g/mol. The molecule has 0 bridgehead atoms. The van der Waals surface area contributed by atoms with Gasteiger partial charge in [0.15, 0.2) is 5.17 Å². The molecule has 0 aromatic heterocycles. The van der Waals surface area contributed by atoms with E-state index in [-0.39, 0.29) is 5.91 Å². The number of aliphatic imine (C=N–C) groups is 1. The van der Waals surface area contributed by atoms with Crippen molar-refractivity contribution in [3.63, 3.8) is 0 Å². The minimum absolute atomic E-state index is 0.183. The SMILES string of the molecule is O=C1NC(=Nc2ccc(Cl)cc2)S/C1=C/c1ccccc1Cl. The Morgan fingerprint density at radius 2 is 1.77 bits per heavy atom. The van der Waals surface area contributed by atoms with Crippen LogP contribution in [0.15, 0.2) is 58.4 Å². The van der Waals surface area contributed by atoms with Gasteiger partial charge in [-0.3, -0.25) is 4.79 Å². The van der Waals surface area contributed by atoms with Crippen molar-refractivity contribution in [1.82, 2.24) is 5.32 Å². The summed E-state index contributed by atoms with van der Waals surface area (Å²) in [5.74, 6) is -0.183. The Balaban J connectivity index is 1.84. The number of thioether (sulfide) groups is 1. The molecular formula is C16H10Cl2N2OS. The quantitative estimate of drug-likeness (QED) is 0.785. The first kappa shape index (κ1) is 15.2. The molecule has 1 aliphatic heterocycles. The Morgan fingerprint density at radius 1 is 1.05 bits per heavy atom. The molecule has 1 N–H and O–H groups in total. The summed E-state index contributed by atoms with van der Waals surface area (Å²) in [5, 5.41) is 4.52. The van der Waals surface area contributed by atoms with E-state index in [1.54, 1.807) is 36.4 Å². The van der Waals surface area contributed by atoms with Gasteiger partial charge in [0, 0.05) is 10.0 Å². The van der Waals surface area contributed by atoms with Crippen LogP contribution in [0.25, 0.3) is 6.08 Å². The molecule has 3 nitrogen and oxygen atoms in total. The number of nitrogens with zero attached hydrogens (tertiary/aromatic N) is 1. The van der Waals surface area contributed by atoms with Gasteiger partial charge in [-0.15, -0.1) is 0 Å². The zero-order valence-electron chi connectivity index (χ0n) is 11.2. The Morgan fingerprint density at radius 3 is 2.50 bits per heavy atom. The van der Waals surface area contributed by atoms with Gasteiger partial charge in [0.25, 0.3) is 5.91 Å². The molecule has 2 aromatic rings. The Bertz CT molecular complexity index is 785. The van der Waals surface area contributed by atoms with Crippen LogP contribution < -0.4 is 5.32 Å². The third kappa shape index (κ3) is 3.53. The molecule has 2 aromatic carbocycles. The monoisotopic (exact) mass is 348 g/mol. The Kier molecular flexibility index (Phi) is 4.52. The highest BCUT2D eigenvalue weighted by atomic mass is 35.5. The van der Waals surface area contributed by atoms with E-state index in [0.717, 1.165) is 11.3 Å². The number of halogens is 2. The lowest BCUT2D eigenvalue weighted by Gasteiger charge is -1.97. The molecule has 3 rings (SSSR count). The molecular weight excluding hydrogens is 339 g/mol. The van der Waals surface area contributed by atoms with Crippen LogP contribution in [0.1, 0.15) is 5.56 Å². The van der Waals surface area contributed by atoms with E-state index in [9.17, 15) is 4.79 Å². The molecule has 0 radical (unpaired) electrons. The van der Waals surface area contributed by atoms with Crippen molar-refractivity contribution in [3.05, 3.63) is 69.0 Å². The van der Waals surface area contributed by atoms with E-state index in [2.05, 4.69) is 10.3 Å². The van der Waals surface area contributed by atoms with E-state index < -0.39 is 0 Å². The second-order valence-corrected chi connectivity index (χ2v) is 6.35. The molecule has 0 spiro atoms. The van der Waals surface area contributed by atoms with E-state index in [1.165, 1.54) is 11.8 Å². The van der Waals surface area contributed by atoms with Crippen molar-refractivity contribution in [1.29, 1.82) is 0 Å². The highest BCUT2D eigenvalue weighted by Gasteiger charge is 2.24. The van der Waals surface area contributed by atoms with Gasteiger partial charge < -0.3 is 5.32 Å². The maximum Gasteiger partial charge on any atom is 0.264 e. The van der Waals surface area contributed by atoms with Gasteiger partial charge in [-0.1, -0.05) is 41.4 Å². The van der Waals surface area contributed by atoms with Crippen LogP contribution in [0.2, 0.25) is 10.0 Å². The highest BCUT2D eigenvalue weighted by Crippen LogP contribution is 2.29. The predicted molar refractivity (Wildman–Crippen MR) is 93.7 cm³/mol. The molecule has 110 valence electrons. The van der Waals surface area contributed by atoms with Crippen LogP contribution in [0.5, 0.6) is 0 Å². The van der Waals surface area contributed by atoms with Gasteiger partial charge in [0.2, 0.25) is 0 Å². The zero-order valence-corrected chi connectivity index (χ0v) is 13.5. The van der Waals surface area contributed by atoms with Crippen molar-refractivity contribution in [2.75, 3.05) is 0 Å². The summed E-state index contributed by atoms with van der Waals surface area (Å²) in [4.78, 5) is 16.9. The van der Waals surface area contributed by atoms with Crippen molar-refractivity contribution < 1.29 is 4.79 Å². The molecule has 22 heavy (non-hydrogen) atoms. The largest absolute Gasteiger partial charge is 0.300 e. The summed E-state index contributed by atoms with van der Waals surface area (Å²) in [7, 11) is 0. The van der Waals surface area contributed by atoms with Gasteiger partial charge in [0.1, 0.15) is 0 Å². The van der Waals surface area contributed by atoms with Crippen LogP contribution in [0, 0.1) is 0 Å². The van der Waals surface area contributed by atoms with Crippen molar-refractivity contribution in [2.45, 2.75) is 0 Å². The zero-order chi connectivity index (χ0) is 15.5. The minimum Gasteiger partial charge on any atom is -0.300 e. The van der Waals surface area contributed by atoms with Gasteiger partial charge >= 0.3 is 0 Å². The second kappa shape index (κ2) is 6.57. The van der Waals surface area contributed by atoms with Crippen molar-refractivity contribution >= 4 is 57.8 Å². The van der Waals surface area contributed by atoms with Gasteiger partial charge in [-0.25, -0.2) is 4.99 Å². The van der Waals surface area contributed by atoms with E-state index in [4.69, 9.17) is 23.2 Å². The molecule has 0 atom stereocenters. The number of carbonyl (C=O) groups is 1. The van der Waals surface area contributed by atoms with Gasteiger partial charge in [-0.05, 0) is 53.7 Å². The van der Waals surface area contributed by atoms with Gasteiger partial charge in [-0.2, -0.15) is 0 Å². The number of hydrogen-bond acceptors (Lipinski definition) is 3. The van der Waals surface area contributed by atoms with Crippen molar-refractivity contribution in [2.24, 2.45) is 4.99 Å². The topological polar surface area (TPSA) is 41.5 Å². The molecule has 1 amide bonds. The maximum atomic E-state index is 12.0. The average Bonchev–Trinajstić information content (AvgIpc) is 2.84. The summed E-state index contributed by atoms with van der Waals surface area (Å²) in [6.07, 6.45) is 1.76. The normalized spacial score (nSPS) is 18.0. The molecule has 0 saturated carbocycles. The summed E-state index contributed by atoms with van der Waals surface area (Å²) < 4.78 is 0. The molecule has 0 unspecified atom stereocenters. The van der Waals surface area contributed by atoms with E-state index in [0.29, 0.717) is 20.1 Å². The number of amidine groups is 1. The third-order valence-corrected chi connectivity index (χ3v) is 4.41. The molecule has 1 saturated heterocycles.